The summed E-state index contributed by atoms with van der Waals surface area (Å²) in [4.78, 5) is 13.3. The number of aliphatic carboxylic acids is 1. The standard InChI is InChI=1S/C7H6FNO3/c8-6-3-5(1-2-9-6)12-4-7(10)11/h1-3H,4H2,(H,10,11). The molecule has 0 atom stereocenters. The Bertz CT molecular complexity index is 290. The van der Waals surface area contributed by atoms with Gasteiger partial charge in [0, 0.05) is 12.3 Å². The van der Waals surface area contributed by atoms with Crippen molar-refractivity contribution in [1.82, 2.24) is 4.98 Å². The van der Waals surface area contributed by atoms with E-state index in [1.54, 1.807) is 0 Å². The molecule has 0 bridgehead atoms. The summed E-state index contributed by atoms with van der Waals surface area (Å²) in [6.07, 6.45) is 1.20. The molecular weight excluding hydrogens is 165 g/mol. The first-order chi connectivity index (χ1) is 5.68. The van der Waals surface area contributed by atoms with Gasteiger partial charge in [-0.05, 0) is 6.07 Å². The van der Waals surface area contributed by atoms with Crippen molar-refractivity contribution in [3.63, 3.8) is 0 Å². The van der Waals surface area contributed by atoms with Crippen LogP contribution >= 0.6 is 0 Å². The molecule has 0 radical (unpaired) electrons. The van der Waals surface area contributed by atoms with Crippen molar-refractivity contribution in [2.75, 3.05) is 6.61 Å². The minimum atomic E-state index is -1.10. The van der Waals surface area contributed by atoms with Gasteiger partial charge in [-0.3, -0.25) is 0 Å². The zero-order valence-electron chi connectivity index (χ0n) is 6.03. The fraction of sp³-hybridized carbons (Fsp3) is 0.143. The van der Waals surface area contributed by atoms with Crippen LogP contribution in [0.4, 0.5) is 4.39 Å². The number of rotatable bonds is 3. The van der Waals surface area contributed by atoms with Crippen LogP contribution < -0.4 is 4.74 Å². The fourth-order valence-electron chi connectivity index (χ4n) is 0.620. The van der Waals surface area contributed by atoms with Gasteiger partial charge in [0.2, 0.25) is 5.95 Å². The molecule has 64 valence electrons. The van der Waals surface area contributed by atoms with Gasteiger partial charge in [-0.25, -0.2) is 9.78 Å². The fourth-order valence-corrected chi connectivity index (χ4v) is 0.620. The average Bonchev–Trinajstić information content (AvgIpc) is 2.01. The number of carbonyl (C=O) groups is 1. The topological polar surface area (TPSA) is 59.4 Å². The highest BCUT2D eigenvalue weighted by Gasteiger charge is 1.99. The third kappa shape index (κ3) is 2.53. The van der Waals surface area contributed by atoms with Gasteiger partial charge in [0.15, 0.2) is 6.61 Å². The van der Waals surface area contributed by atoms with Gasteiger partial charge < -0.3 is 9.84 Å². The van der Waals surface area contributed by atoms with Gasteiger partial charge in [-0.15, -0.1) is 0 Å². The quantitative estimate of drug-likeness (QED) is 0.679. The minimum absolute atomic E-state index is 0.157. The second kappa shape index (κ2) is 3.66. The Kier molecular flexibility index (Phi) is 2.57. The van der Waals surface area contributed by atoms with E-state index in [1.165, 1.54) is 12.3 Å². The summed E-state index contributed by atoms with van der Waals surface area (Å²) in [5, 5.41) is 8.21. The van der Waals surface area contributed by atoms with Crippen LogP contribution in [0.25, 0.3) is 0 Å². The molecule has 0 aliphatic heterocycles. The van der Waals surface area contributed by atoms with E-state index in [9.17, 15) is 9.18 Å². The number of ether oxygens (including phenoxy) is 1. The average molecular weight is 171 g/mol. The predicted octanol–water partition coefficient (Wildman–Crippen LogP) is 0.684. The van der Waals surface area contributed by atoms with E-state index in [-0.39, 0.29) is 5.75 Å². The lowest BCUT2D eigenvalue weighted by Crippen LogP contribution is -2.09. The summed E-state index contributed by atoms with van der Waals surface area (Å²) in [5.74, 6) is -1.64. The zero-order valence-corrected chi connectivity index (χ0v) is 6.03. The van der Waals surface area contributed by atoms with Crippen LogP contribution in [-0.2, 0) is 4.79 Å². The SMILES string of the molecule is O=C(O)COc1ccnc(F)c1. The zero-order chi connectivity index (χ0) is 8.97. The lowest BCUT2D eigenvalue weighted by molar-refractivity contribution is -0.139. The van der Waals surface area contributed by atoms with E-state index in [0.717, 1.165) is 6.07 Å². The second-order valence-electron chi connectivity index (χ2n) is 2.00. The number of hydrogen-bond acceptors (Lipinski definition) is 3. The molecule has 1 aromatic heterocycles. The maximum Gasteiger partial charge on any atom is 0.341 e. The van der Waals surface area contributed by atoms with Crippen LogP contribution in [0.2, 0.25) is 0 Å². The number of hydrogen-bond donors (Lipinski definition) is 1. The van der Waals surface area contributed by atoms with Crippen LogP contribution in [0.15, 0.2) is 18.3 Å². The summed E-state index contributed by atoms with van der Waals surface area (Å²) in [7, 11) is 0. The Morgan fingerprint density at radius 3 is 3.08 bits per heavy atom. The molecule has 1 rings (SSSR count). The van der Waals surface area contributed by atoms with E-state index >= 15 is 0 Å². The molecule has 0 aliphatic rings. The molecule has 0 unspecified atom stereocenters. The van der Waals surface area contributed by atoms with Gasteiger partial charge >= 0.3 is 5.97 Å². The number of halogens is 1. The molecule has 0 saturated carbocycles. The first kappa shape index (κ1) is 8.45. The highest BCUT2D eigenvalue weighted by atomic mass is 19.1. The van der Waals surface area contributed by atoms with Crippen LogP contribution in [0.1, 0.15) is 0 Å². The molecule has 1 heterocycles. The third-order valence-corrected chi connectivity index (χ3v) is 1.06. The highest BCUT2D eigenvalue weighted by molar-refractivity contribution is 5.68. The largest absolute Gasteiger partial charge is 0.482 e. The van der Waals surface area contributed by atoms with Gasteiger partial charge in [-0.1, -0.05) is 0 Å². The van der Waals surface area contributed by atoms with Crippen molar-refractivity contribution in [2.24, 2.45) is 0 Å². The maximum absolute atomic E-state index is 12.4. The molecule has 0 amide bonds. The molecule has 0 fully saturated rings. The molecule has 12 heavy (non-hydrogen) atoms. The first-order valence-electron chi connectivity index (χ1n) is 3.14. The normalized spacial score (nSPS) is 9.42. The van der Waals surface area contributed by atoms with Crippen LogP contribution in [0, 0.1) is 5.95 Å². The van der Waals surface area contributed by atoms with Gasteiger partial charge in [-0.2, -0.15) is 4.39 Å². The Hall–Kier alpha value is -1.65. The van der Waals surface area contributed by atoms with Crippen molar-refractivity contribution >= 4 is 5.97 Å². The van der Waals surface area contributed by atoms with E-state index in [2.05, 4.69) is 9.72 Å². The van der Waals surface area contributed by atoms with Gasteiger partial charge in [0.05, 0.1) is 0 Å². The Balaban J connectivity index is 2.57. The second-order valence-corrected chi connectivity index (χ2v) is 2.00. The molecule has 1 aromatic rings. The third-order valence-electron chi connectivity index (χ3n) is 1.06. The summed E-state index contributed by atoms with van der Waals surface area (Å²) in [6.45, 7) is -0.483. The molecule has 5 heteroatoms. The summed E-state index contributed by atoms with van der Waals surface area (Å²) in [5.41, 5.74) is 0. The molecule has 0 spiro atoms. The summed E-state index contributed by atoms with van der Waals surface area (Å²) < 4.78 is 17.0. The van der Waals surface area contributed by atoms with Gasteiger partial charge in [0.1, 0.15) is 5.75 Å². The molecule has 0 saturated heterocycles. The Labute approximate surface area is 67.6 Å². The monoisotopic (exact) mass is 171 g/mol. The van der Waals surface area contributed by atoms with Crippen LogP contribution in [-0.4, -0.2) is 22.7 Å². The Morgan fingerprint density at radius 1 is 1.75 bits per heavy atom. The molecule has 0 aliphatic carbocycles. The number of carboxylic acids is 1. The smallest absolute Gasteiger partial charge is 0.341 e. The lowest BCUT2D eigenvalue weighted by atomic mass is 10.4. The highest BCUT2D eigenvalue weighted by Crippen LogP contribution is 2.08. The van der Waals surface area contributed by atoms with E-state index in [1.807, 2.05) is 0 Å². The van der Waals surface area contributed by atoms with E-state index < -0.39 is 18.5 Å². The van der Waals surface area contributed by atoms with Crippen molar-refractivity contribution in [3.05, 3.63) is 24.3 Å². The summed E-state index contributed by atoms with van der Waals surface area (Å²) in [6, 6.07) is 2.40. The number of carboxylic acid groups (broad SMARTS) is 1. The predicted molar refractivity (Wildman–Crippen MR) is 37.3 cm³/mol. The lowest BCUT2D eigenvalue weighted by Gasteiger charge is -2.00. The van der Waals surface area contributed by atoms with Crippen LogP contribution in [0.3, 0.4) is 0 Å². The first-order valence-corrected chi connectivity index (χ1v) is 3.14. The van der Waals surface area contributed by atoms with Gasteiger partial charge in [0.25, 0.3) is 0 Å². The molecule has 1 N–H and O–H groups in total. The van der Waals surface area contributed by atoms with Crippen molar-refractivity contribution < 1.29 is 19.0 Å². The number of aromatic nitrogens is 1. The maximum atomic E-state index is 12.4. The van der Waals surface area contributed by atoms with E-state index in [0.29, 0.717) is 0 Å². The number of pyridine rings is 1. The van der Waals surface area contributed by atoms with E-state index in [4.69, 9.17) is 5.11 Å². The Morgan fingerprint density at radius 2 is 2.50 bits per heavy atom. The van der Waals surface area contributed by atoms with Crippen molar-refractivity contribution in [1.29, 1.82) is 0 Å². The number of nitrogens with zero attached hydrogens (tertiary/aromatic N) is 1. The minimum Gasteiger partial charge on any atom is -0.482 e. The summed E-state index contributed by atoms with van der Waals surface area (Å²) >= 11 is 0. The van der Waals surface area contributed by atoms with Crippen molar-refractivity contribution in [2.45, 2.75) is 0 Å². The van der Waals surface area contributed by atoms with Crippen molar-refractivity contribution in [3.8, 4) is 5.75 Å². The molecular formula is C7H6FNO3. The molecule has 4 nitrogen and oxygen atoms in total. The molecule has 0 aromatic carbocycles. The van der Waals surface area contributed by atoms with Crippen LogP contribution in [0.5, 0.6) is 5.75 Å².